The zero-order valence-corrected chi connectivity index (χ0v) is 11.4. The summed E-state index contributed by atoms with van der Waals surface area (Å²) in [6, 6.07) is 4.15. The maximum absolute atomic E-state index is 13.7. The van der Waals surface area contributed by atoms with Gasteiger partial charge in [0.15, 0.2) is 0 Å². The van der Waals surface area contributed by atoms with Gasteiger partial charge in [0.2, 0.25) is 0 Å². The third-order valence-electron chi connectivity index (χ3n) is 2.59. The number of carboxylic acid groups (broad SMARTS) is 1. The molecule has 0 amide bonds. The Morgan fingerprint density at radius 1 is 1.67 bits per heavy atom. The predicted molar refractivity (Wildman–Crippen MR) is 70.6 cm³/mol. The topological polar surface area (TPSA) is 40.5 Å². The largest absolute Gasteiger partial charge is 0.480 e. The van der Waals surface area contributed by atoms with Gasteiger partial charge in [-0.25, -0.2) is 4.39 Å². The van der Waals surface area contributed by atoms with Gasteiger partial charge in [0.1, 0.15) is 5.82 Å². The average molecular weight is 314 g/mol. The van der Waals surface area contributed by atoms with E-state index >= 15 is 0 Å². The summed E-state index contributed by atoms with van der Waals surface area (Å²) in [7, 11) is 0. The first-order valence-electron chi connectivity index (χ1n) is 5.30. The first-order chi connectivity index (χ1) is 8.45. The minimum atomic E-state index is -0.993. The van der Waals surface area contributed by atoms with Gasteiger partial charge in [-0.1, -0.05) is 21.9 Å². The van der Waals surface area contributed by atoms with Crippen molar-refractivity contribution in [2.75, 3.05) is 13.1 Å². The van der Waals surface area contributed by atoms with E-state index in [0.29, 0.717) is 5.56 Å². The molecule has 5 heteroatoms. The summed E-state index contributed by atoms with van der Waals surface area (Å²) in [5, 5.41) is 8.82. The lowest BCUT2D eigenvalue weighted by molar-refractivity contribution is -0.138. The monoisotopic (exact) mass is 313 g/mol. The summed E-state index contributed by atoms with van der Waals surface area (Å²) in [4.78, 5) is 12.3. The van der Waals surface area contributed by atoms with Crippen LogP contribution in [0.4, 0.5) is 4.39 Å². The van der Waals surface area contributed by atoms with Crippen LogP contribution in [0.3, 0.4) is 0 Å². The highest BCUT2D eigenvalue weighted by Gasteiger charge is 2.20. The molecule has 96 valence electrons. The lowest BCUT2D eigenvalue weighted by Gasteiger charge is -2.26. The lowest BCUT2D eigenvalue weighted by Crippen LogP contribution is -2.33. The van der Waals surface area contributed by atoms with Crippen LogP contribution in [0.5, 0.6) is 0 Å². The van der Waals surface area contributed by atoms with Gasteiger partial charge in [-0.15, -0.1) is 6.42 Å². The van der Waals surface area contributed by atoms with E-state index in [4.69, 9.17) is 11.5 Å². The second-order valence-corrected chi connectivity index (χ2v) is 4.76. The van der Waals surface area contributed by atoms with Gasteiger partial charge in [-0.2, -0.15) is 0 Å². The minimum Gasteiger partial charge on any atom is -0.480 e. The van der Waals surface area contributed by atoms with Crippen molar-refractivity contribution in [2.45, 2.75) is 13.0 Å². The molecule has 0 aromatic heterocycles. The van der Waals surface area contributed by atoms with Gasteiger partial charge in [0.25, 0.3) is 0 Å². The van der Waals surface area contributed by atoms with Crippen molar-refractivity contribution in [2.24, 2.45) is 0 Å². The Labute approximate surface area is 114 Å². The molecule has 0 aliphatic rings. The molecule has 0 aliphatic heterocycles. The lowest BCUT2D eigenvalue weighted by atomic mass is 10.1. The molecule has 0 aliphatic carbocycles. The van der Waals surface area contributed by atoms with Crippen molar-refractivity contribution in [1.29, 1.82) is 0 Å². The Morgan fingerprint density at radius 3 is 2.89 bits per heavy atom. The molecule has 0 fully saturated rings. The van der Waals surface area contributed by atoms with E-state index in [9.17, 15) is 9.18 Å². The highest BCUT2D eigenvalue weighted by Crippen LogP contribution is 2.25. The van der Waals surface area contributed by atoms with Gasteiger partial charge in [0, 0.05) is 16.1 Å². The second-order valence-electron chi connectivity index (χ2n) is 3.84. The number of terminal acetylenes is 1. The summed E-state index contributed by atoms with van der Waals surface area (Å²) < 4.78 is 14.4. The van der Waals surface area contributed by atoms with E-state index < -0.39 is 12.0 Å². The molecule has 1 aromatic carbocycles. The van der Waals surface area contributed by atoms with Crippen LogP contribution in [0, 0.1) is 18.2 Å². The Hall–Kier alpha value is -1.38. The Morgan fingerprint density at radius 2 is 2.33 bits per heavy atom. The van der Waals surface area contributed by atoms with E-state index in [2.05, 4.69) is 21.9 Å². The fourth-order valence-corrected chi connectivity index (χ4v) is 2.03. The highest BCUT2D eigenvalue weighted by molar-refractivity contribution is 9.10. The van der Waals surface area contributed by atoms with Crippen LogP contribution in [0.25, 0.3) is 0 Å². The molecule has 3 nitrogen and oxygen atoms in total. The molecule has 0 radical (unpaired) electrons. The van der Waals surface area contributed by atoms with Crippen LogP contribution >= 0.6 is 15.9 Å². The van der Waals surface area contributed by atoms with Gasteiger partial charge in [-0.3, -0.25) is 9.69 Å². The minimum absolute atomic E-state index is 0.152. The van der Waals surface area contributed by atoms with Crippen molar-refractivity contribution in [1.82, 2.24) is 4.90 Å². The SMILES string of the molecule is C#CCN(CC(=O)O)C(C)c1cc(Br)ccc1F. The van der Waals surface area contributed by atoms with Gasteiger partial charge >= 0.3 is 5.97 Å². The number of hydrogen-bond acceptors (Lipinski definition) is 2. The normalized spacial score (nSPS) is 12.2. The molecule has 1 rings (SSSR count). The smallest absolute Gasteiger partial charge is 0.317 e. The number of rotatable bonds is 5. The number of halogens is 2. The van der Waals surface area contributed by atoms with Crippen molar-refractivity contribution in [3.63, 3.8) is 0 Å². The number of nitrogens with zero attached hydrogens (tertiary/aromatic N) is 1. The van der Waals surface area contributed by atoms with Gasteiger partial charge in [0.05, 0.1) is 13.1 Å². The van der Waals surface area contributed by atoms with Crippen LogP contribution in [0.2, 0.25) is 0 Å². The molecule has 0 spiro atoms. The number of aliphatic carboxylic acids is 1. The van der Waals surface area contributed by atoms with E-state index in [1.54, 1.807) is 19.1 Å². The Bertz CT molecular complexity index is 484. The Balaban J connectivity index is 3.01. The standard InChI is InChI=1S/C13H13BrFNO2/c1-3-6-16(8-13(17)18)9(2)11-7-10(14)4-5-12(11)15/h1,4-5,7,9H,6,8H2,2H3,(H,17,18). The van der Waals surface area contributed by atoms with Crippen LogP contribution in [-0.2, 0) is 4.79 Å². The summed E-state index contributed by atoms with van der Waals surface area (Å²) >= 11 is 3.26. The molecule has 0 saturated carbocycles. The second kappa shape index (κ2) is 6.53. The predicted octanol–water partition coefficient (Wildman–Crippen LogP) is 2.67. The molecule has 0 bridgehead atoms. The summed E-state index contributed by atoms with van der Waals surface area (Å²) in [5.74, 6) is 1.02. The fraction of sp³-hybridized carbons (Fsp3) is 0.308. The molecule has 1 unspecified atom stereocenters. The number of carboxylic acids is 1. The first kappa shape index (κ1) is 14.7. The number of carbonyl (C=O) groups is 1. The van der Waals surface area contributed by atoms with Crippen molar-refractivity contribution in [3.05, 3.63) is 34.1 Å². The van der Waals surface area contributed by atoms with Crippen molar-refractivity contribution in [3.8, 4) is 12.3 Å². The van der Waals surface area contributed by atoms with E-state index in [1.807, 2.05) is 0 Å². The zero-order valence-electron chi connectivity index (χ0n) is 9.86. The summed E-state index contributed by atoms with van der Waals surface area (Å²) in [6.45, 7) is 1.65. The number of benzene rings is 1. The van der Waals surface area contributed by atoms with Crippen molar-refractivity contribution < 1.29 is 14.3 Å². The highest BCUT2D eigenvalue weighted by atomic mass is 79.9. The zero-order chi connectivity index (χ0) is 13.7. The van der Waals surface area contributed by atoms with Crippen LogP contribution in [-0.4, -0.2) is 29.1 Å². The Kier molecular flexibility index (Phi) is 5.32. The van der Waals surface area contributed by atoms with Crippen LogP contribution in [0.15, 0.2) is 22.7 Å². The third kappa shape index (κ3) is 3.83. The first-order valence-corrected chi connectivity index (χ1v) is 6.09. The van der Waals surface area contributed by atoms with Crippen molar-refractivity contribution >= 4 is 21.9 Å². The fourth-order valence-electron chi connectivity index (χ4n) is 1.65. The third-order valence-corrected chi connectivity index (χ3v) is 3.08. The molecular formula is C13H13BrFNO2. The molecule has 1 aromatic rings. The van der Waals surface area contributed by atoms with E-state index in [1.165, 1.54) is 11.0 Å². The maximum atomic E-state index is 13.7. The van der Waals surface area contributed by atoms with Crippen LogP contribution < -0.4 is 0 Å². The van der Waals surface area contributed by atoms with E-state index in [0.717, 1.165) is 4.47 Å². The molecule has 0 heterocycles. The average Bonchev–Trinajstić information content (AvgIpc) is 2.30. The van der Waals surface area contributed by atoms with E-state index in [-0.39, 0.29) is 18.9 Å². The maximum Gasteiger partial charge on any atom is 0.317 e. The quantitative estimate of drug-likeness (QED) is 0.850. The van der Waals surface area contributed by atoms with Gasteiger partial charge in [-0.05, 0) is 25.1 Å². The molecule has 1 N–H and O–H groups in total. The molecule has 18 heavy (non-hydrogen) atoms. The molecule has 0 saturated heterocycles. The summed E-state index contributed by atoms with van der Waals surface area (Å²) in [6.07, 6.45) is 5.20. The summed E-state index contributed by atoms with van der Waals surface area (Å²) in [5.41, 5.74) is 0.417. The number of hydrogen-bond donors (Lipinski definition) is 1. The molecular weight excluding hydrogens is 301 g/mol. The van der Waals surface area contributed by atoms with Crippen LogP contribution in [0.1, 0.15) is 18.5 Å². The molecule has 1 atom stereocenters. The van der Waals surface area contributed by atoms with Gasteiger partial charge < -0.3 is 5.11 Å².